The maximum Gasteiger partial charge on any atom is 0.397 e. The van der Waals surface area contributed by atoms with Crippen molar-refractivity contribution in [3.63, 3.8) is 0 Å². The van der Waals surface area contributed by atoms with Gasteiger partial charge in [-0.3, -0.25) is 4.79 Å². The predicted molar refractivity (Wildman–Crippen MR) is 56.1 cm³/mol. The quantitative estimate of drug-likeness (QED) is 0.600. The minimum Gasteiger partial charge on any atom is -0.481 e. The van der Waals surface area contributed by atoms with Crippen molar-refractivity contribution >= 4 is 17.6 Å². The number of pyridine rings is 1. The van der Waals surface area contributed by atoms with Crippen molar-refractivity contribution < 1.29 is 19.1 Å². The van der Waals surface area contributed by atoms with E-state index < -0.39 is 11.9 Å². The van der Waals surface area contributed by atoms with E-state index in [4.69, 9.17) is 4.74 Å². The molecule has 0 spiro atoms. The lowest BCUT2D eigenvalue weighted by atomic mass is 10.4. The number of esters is 1. The number of nitrogens with zero attached hydrogens (tertiary/aromatic N) is 1. The third kappa shape index (κ3) is 3.23. The summed E-state index contributed by atoms with van der Waals surface area (Å²) in [6, 6.07) is 3.14. The molecular formula is C10H12N2O4. The summed E-state index contributed by atoms with van der Waals surface area (Å²) >= 11 is 0. The number of rotatable bonds is 3. The van der Waals surface area contributed by atoms with Crippen LogP contribution >= 0.6 is 0 Å². The van der Waals surface area contributed by atoms with E-state index in [1.807, 2.05) is 0 Å². The van der Waals surface area contributed by atoms with E-state index in [2.05, 4.69) is 15.0 Å². The highest BCUT2D eigenvalue weighted by Gasteiger charge is 2.14. The summed E-state index contributed by atoms with van der Waals surface area (Å²) in [4.78, 5) is 26.1. The van der Waals surface area contributed by atoms with E-state index in [0.29, 0.717) is 11.6 Å². The number of amides is 1. The van der Waals surface area contributed by atoms with Crippen LogP contribution in [-0.2, 0) is 14.3 Å². The van der Waals surface area contributed by atoms with Crippen molar-refractivity contribution in [1.82, 2.24) is 4.98 Å². The topological polar surface area (TPSA) is 77.5 Å². The molecule has 0 atom stereocenters. The summed E-state index contributed by atoms with van der Waals surface area (Å²) in [5, 5.41) is 2.35. The Morgan fingerprint density at radius 1 is 1.44 bits per heavy atom. The zero-order chi connectivity index (χ0) is 12.0. The third-order valence-corrected chi connectivity index (χ3v) is 1.66. The first kappa shape index (κ1) is 12.0. The van der Waals surface area contributed by atoms with Gasteiger partial charge in [0.2, 0.25) is 5.88 Å². The van der Waals surface area contributed by atoms with E-state index >= 15 is 0 Å². The summed E-state index contributed by atoms with van der Waals surface area (Å²) in [6.07, 6.45) is 1.38. The zero-order valence-corrected chi connectivity index (χ0v) is 9.02. The van der Waals surface area contributed by atoms with Crippen molar-refractivity contribution in [1.29, 1.82) is 0 Å². The molecular weight excluding hydrogens is 212 g/mol. The molecule has 6 heteroatoms. The monoisotopic (exact) mass is 224 g/mol. The molecule has 86 valence electrons. The Morgan fingerprint density at radius 2 is 2.19 bits per heavy atom. The van der Waals surface area contributed by atoms with E-state index in [-0.39, 0.29) is 6.61 Å². The molecule has 0 fully saturated rings. The highest BCUT2D eigenvalue weighted by molar-refractivity contribution is 6.37. The molecule has 0 radical (unpaired) electrons. The molecule has 1 rings (SSSR count). The average Bonchev–Trinajstić information content (AvgIpc) is 2.30. The van der Waals surface area contributed by atoms with Crippen LogP contribution in [-0.4, -0.2) is 30.6 Å². The number of anilines is 1. The van der Waals surface area contributed by atoms with Crippen LogP contribution in [0.3, 0.4) is 0 Å². The lowest BCUT2D eigenvalue weighted by Crippen LogP contribution is -2.25. The fraction of sp³-hybridized carbons (Fsp3) is 0.300. The maximum atomic E-state index is 11.2. The summed E-state index contributed by atoms with van der Waals surface area (Å²) in [7, 11) is 1.49. The molecule has 1 heterocycles. The fourth-order valence-electron chi connectivity index (χ4n) is 0.954. The number of carbonyl (C=O) groups excluding carboxylic acids is 2. The maximum absolute atomic E-state index is 11.2. The standard InChI is InChI=1S/C10H12N2O4/c1-3-16-10(14)9(13)12-7-4-5-8(15-2)11-6-7/h4-6H,3H2,1-2H3,(H,12,13). The Hall–Kier alpha value is -2.11. The van der Waals surface area contributed by atoms with Crippen molar-refractivity contribution in [2.24, 2.45) is 0 Å². The Balaban J connectivity index is 2.59. The number of hydrogen-bond donors (Lipinski definition) is 1. The molecule has 1 amide bonds. The van der Waals surface area contributed by atoms with Gasteiger partial charge in [-0.2, -0.15) is 0 Å². The molecule has 1 N–H and O–H groups in total. The second kappa shape index (κ2) is 5.69. The number of aromatic nitrogens is 1. The van der Waals surface area contributed by atoms with E-state index in [9.17, 15) is 9.59 Å². The molecule has 1 aromatic rings. The summed E-state index contributed by atoms with van der Waals surface area (Å²) in [6.45, 7) is 1.78. The number of nitrogens with one attached hydrogen (secondary N) is 1. The Kier molecular flexibility index (Phi) is 4.26. The molecule has 0 unspecified atom stereocenters. The first-order chi connectivity index (χ1) is 7.67. The smallest absolute Gasteiger partial charge is 0.397 e. The molecule has 0 aliphatic heterocycles. The third-order valence-electron chi connectivity index (χ3n) is 1.66. The molecule has 1 aromatic heterocycles. The molecule has 0 saturated heterocycles. The van der Waals surface area contributed by atoms with Crippen LogP contribution in [0, 0.1) is 0 Å². The predicted octanol–water partition coefficient (Wildman–Crippen LogP) is 0.592. The normalized spacial score (nSPS) is 9.38. The number of carbonyl (C=O) groups is 2. The zero-order valence-electron chi connectivity index (χ0n) is 9.02. The van der Waals surface area contributed by atoms with Gasteiger partial charge in [-0.1, -0.05) is 0 Å². The average molecular weight is 224 g/mol. The molecule has 16 heavy (non-hydrogen) atoms. The molecule has 0 aliphatic carbocycles. The van der Waals surface area contributed by atoms with Gasteiger partial charge in [0.1, 0.15) is 0 Å². The number of ether oxygens (including phenoxy) is 2. The molecule has 6 nitrogen and oxygen atoms in total. The highest BCUT2D eigenvalue weighted by Crippen LogP contribution is 2.10. The summed E-state index contributed by atoms with van der Waals surface area (Å²) in [5.74, 6) is -1.32. The van der Waals surface area contributed by atoms with Gasteiger partial charge in [0.15, 0.2) is 0 Å². The van der Waals surface area contributed by atoms with E-state index in [0.717, 1.165) is 0 Å². The van der Waals surface area contributed by atoms with Crippen LogP contribution in [0.2, 0.25) is 0 Å². The largest absolute Gasteiger partial charge is 0.481 e. The SMILES string of the molecule is CCOC(=O)C(=O)Nc1ccc(OC)nc1. The minimum absolute atomic E-state index is 0.160. The Bertz CT molecular complexity index is 375. The summed E-state index contributed by atoms with van der Waals surface area (Å²) < 4.78 is 9.37. The fourth-order valence-corrected chi connectivity index (χ4v) is 0.954. The van der Waals surface area contributed by atoms with E-state index in [1.54, 1.807) is 19.1 Å². The van der Waals surface area contributed by atoms with Gasteiger partial charge >= 0.3 is 11.9 Å². The number of methoxy groups -OCH3 is 1. The molecule has 0 saturated carbocycles. The van der Waals surface area contributed by atoms with Crippen LogP contribution in [0.25, 0.3) is 0 Å². The highest BCUT2D eigenvalue weighted by atomic mass is 16.5. The van der Waals surface area contributed by atoms with Crippen LogP contribution in [0.5, 0.6) is 5.88 Å². The van der Waals surface area contributed by atoms with Gasteiger partial charge in [-0.15, -0.1) is 0 Å². The lowest BCUT2D eigenvalue weighted by Gasteiger charge is -2.04. The molecule has 0 aliphatic rings. The van der Waals surface area contributed by atoms with Gasteiger partial charge in [0.05, 0.1) is 25.6 Å². The lowest BCUT2D eigenvalue weighted by molar-refractivity contribution is -0.152. The molecule has 0 aromatic carbocycles. The van der Waals surface area contributed by atoms with Crippen molar-refractivity contribution in [2.75, 3.05) is 19.0 Å². The second-order valence-corrected chi connectivity index (χ2v) is 2.76. The van der Waals surface area contributed by atoms with Crippen LogP contribution in [0.1, 0.15) is 6.92 Å². The number of hydrogen-bond acceptors (Lipinski definition) is 5. The van der Waals surface area contributed by atoms with Gasteiger partial charge in [0, 0.05) is 6.07 Å². The Morgan fingerprint density at radius 3 is 2.69 bits per heavy atom. The van der Waals surface area contributed by atoms with Crippen LogP contribution in [0.15, 0.2) is 18.3 Å². The Labute approximate surface area is 92.6 Å². The van der Waals surface area contributed by atoms with Crippen molar-refractivity contribution in [3.8, 4) is 5.88 Å². The molecule has 0 bridgehead atoms. The van der Waals surface area contributed by atoms with Gasteiger partial charge < -0.3 is 14.8 Å². The first-order valence-electron chi connectivity index (χ1n) is 4.65. The first-order valence-corrected chi connectivity index (χ1v) is 4.65. The van der Waals surface area contributed by atoms with Crippen LogP contribution < -0.4 is 10.1 Å². The van der Waals surface area contributed by atoms with Gasteiger partial charge in [0.25, 0.3) is 0 Å². The van der Waals surface area contributed by atoms with Crippen LogP contribution in [0.4, 0.5) is 5.69 Å². The second-order valence-electron chi connectivity index (χ2n) is 2.76. The van der Waals surface area contributed by atoms with Gasteiger partial charge in [-0.25, -0.2) is 9.78 Å². The minimum atomic E-state index is -0.918. The van der Waals surface area contributed by atoms with Gasteiger partial charge in [-0.05, 0) is 13.0 Å². The van der Waals surface area contributed by atoms with Crippen molar-refractivity contribution in [3.05, 3.63) is 18.3 Å². The summed E-state index contributed by atoms with van der Waals surface area (Å²) in [5.41, 5.74) is 0.402. The van der Waals surface area contributed by atoms with E-state index in [1.165, 1.54) is 13.3 Å². The van der Waals surface area contributed by atoms with Crippen molar-refractivity contribution in [2.45, 2.75) is 6.92 Å².